The lowest BCUT2D eigenvalue weighted by Gasteiger charge is -2.38. The van der Waals surface area contributed by atoms with Crippen molar-refractivity contribution in [3.63, 3.8) is 0 Å². The second-order valence-corrected chi connectivity index (χ2v) is 9.56. The molecule has 0 aromatic heterocycles. The van der Waals surface area contributed by atoms with Crippen molar-refractivity contribution in [2.45, 2.75) is 39.5 Å². The molecule has 0 spiro atoms. The molecule has 0 saturated carbocycles. The molecule has 5 heteroatoms. The van der Waals surface area contributed by atoms with Crippen LogP contribution in [0.15, 0.2) is 11.6 Å². The first-order chi connectivity index (χ1) is 10.3. The maximum absolute atomic E-state index is 11.8. The highest BCUT2D eigenvalue weighted by Crippen LogP contribution is 2.33. The van der Waals surface area contributed by atoms with Crippen molar-refractivity contribution in [1.29, 1.82) is 0 Å². The van der Waals surface area contributed by atoms with Gasteiger partial charge in [0.1, 0.15) is 9.84 Å². The summed E-state index contributed by atoms with van der Waals surface area (Å²) in [5.41, 5.74) is 1.33. The van der Waals surface area contributed by atoms with Gasteiger partial charge in [-0.3, -0.25) is 0 Å². The van der Waals surface area contributed by atoms with Crippen LogP contribution in [0.2, 0.25) is 0 Å². The van der Waals surface area contributed by atoms with Crippen LogP contribution < -0.4 is 5.32 Å². The molecule has 2 atom stereocenters. The quantitative estimate of drug-likeness (QED) is 0.760. The Morgan fingerprint density at radius 1 is 1.36 bits per heavy atom. The van der Waals surface area contributed by atoms with Crippen LogP contribution >= 0.6 is 0 Å². The van der Waals surface area contributed by atoms with Gasteiger partial charge in [-0.2, -0.15) is 0 Å². The Balaban J connectivity index is 1.94. The van der Waals surface area contributed by atoms with Crippen molar-refractivity contribution < 1.29 is 13.2 Å². The summed E-state index contributed by atoms with van der Waals surface area (Å²) in [5.74, 6) is 1.56. The molecule has 1 N–H and O–H groups in total. The molecular formula is C17H31NO3S. The Bertz CT molecular complexity index is 492. The number of hydrogen-bond acceptors (Lipinski definition) is 4. The highest BCUT2D eigenvalue weighted by atomic mass is 32.2. The minimum Gasteiger partial charge on any atom is -0.381 e. The van der Waals surface area contributed by atoms with E-state index >= 15 is 0 Å². The zero-order valence-electron chi connectivity index (χ0n) is 14.2. The molecule has 22 heavy (non-hydrogen) atoms. The zero-order valence-corrected chi connectivity index (χ0v) is 15.0. The smallest absolute Gasteiger partial charge is 0.148 e. The van der Waals surface area contributed by atoms with Gasteiger partial charge in [0, 0.05) is 38.0 Å². The number of allylic oxidation sites excluding steroid dienone is 1. The van der Waals surface area contributed by atoms with E-state index in [1.807, 2.05) is 0 Å². The van der Waals surface area contributed by atoms with E-state index in [0.717, 1.165) is 25.9 Å². The van der Waals surface area contributed by atoms with Crippen LogP contribution in [0.5, 0.6) is 0 Å². The van der Waals surface area contributed by atoms with Crippen molar-refractivity contribution in [2.24, 2.45) is 17.3 Å². The Labute approximate surface area is 135 Å². The van der Waals surface area contributed by atoms with Gasteiger partial charge in [-0.05, 0) is 44.4 Å². The molecule has 1 fully saturated rings. The van der Waals surface area contributed by atoms with E-state index in [1.165, 1.54) is 24.7 Å². The highest BCUT2D eigenvalue weighted by Gasteiger charge is 2.36. The average molecular weight is 330 g/mol. The first kappa shape index (κ1) is 18.0. The third-order valence-corrected chi connectivity index (χ3v) is 6.48. The largest absolute Gasteiger partial charge is 0.381 e. The van der Waals surface area contributed by atoms with Crippen molar-refractivity contribution in [3.05, 3.63) is 11.6 Å². The van der Waals surface area contributed by atoms with E-state index in [2.05, 4.69) is 25.2 Å². The van der Waals surface area contributed by atoms with Crippen LogP contribution in [-0.2, 0) is 14.6 Å². The predicted molar refractivity (Wildman–Crippen MR) is 90.7 cm³/mol. The van der Waals surface area contributed by atoms with Gasteiger partial charge in [-0.1, -0.05) is 18.6 Å². The molecule has 2 rings (SSSR count). The summed E-state index contributed by atoms with van der Waals surface area (Å²) in [6.45, 7) is 7.63. The summed E-state index contributed by atoms with van der Waals surface area (Å²) in [4.78, 5) is 0. The van der Waals surface area contributed by atoms with Gasteiger partial charge in [-0.25, -0.2) is 8.42 Å². The van der Waals surface area contributed by atoms with Crippen LogP contribution in [0.25, 0.3) is 0 Å². The fraction of sp³-hybridized carbons (Fsp3) is 0.882. The molecule has 0 radical (unpaired) electrons. The molecule has 128 valence electrons. The van der Waals surface area contributed by atoms with Crippen molar-refractivity contribution in [2.75, 3.05) is 38.3 Å². The monoisotopic (exact) mass is 329 g/mol. The molecule has 1 saturated heterocycles. The van der Waals surface area contributed by atoms with Gasteiger partial charge in [0.25, 0.3) is 0 Å². The summed E-state index contributed by atoms with van der Waals surface area (Å²) in [6, 6.07) is 0. The second-order valence-electron chi connectivity index (χ2n) is 7.42. The lowest BCUT2D eigenvalue weighted by atomic mass is 9.79. The van der Waals surface area contributed by atoms with Gasteiger partial charge < -0.3 is 10.1 Å². The van der Waals surface area contributed by atoms with Crippen molar-refractivity contribution >= 4 is 9.84 Å². The molecule has 0 unspecified atom stereocenters. The predicted octanol–water partition coefficient (Wildman–Crippen LogP) is 2.41. The van der Waals surface area contributed by atoms with E-state index in [9.17, 15) is 8.42 Å². The minimum atomic E-state index is -2.97. The van der Waals surface area contributed by atoms with E-state index in [4.69, 9.17) is 4.74 Å². The first-order valence-corrected chi connectivity index (χ1v) is 10.5. The summed E-state index contributed by atoms with van der Waals surface area (Å²) in [7, 11) is -2.97. The second kappa shape index (κ2) is 7.45. The molecule has 2 aliphatic rings. The maximum Gasteiger partial charge on any atom is 0.148 e. The Kier molecular flexibility index (Phi) is 6.08. The fourth-order valence-electron chi connectivity index (χ4n) is 3.96. The zero-order chi connectivity index (χ0) is 16.2. The first-order valence-electron chi connectivity index (χ1n) is 8.44. The summed E-state index contributed by atoms with van der Waals surface area (Å²) in [5, 5.41) is 3.59. The van der Waals surface area contributed by atoms with E-state index < -0.39 is 9.84 Å². The molecule has 1 heterocycles. The summed E-state index contributed by atoms with van der Waals surface area (Å²) < 4.78 is 29.0. The van der Waals surface area contributed by atoms with E-state index in [-0.39, 0.29) is 11.2 Å². The SMILES string of the molecule is CC1=CCC[C@H](C)[C@H]1CNCC1(CS(C)(=O)=O)CCOCC1. The van der Waals surface area contributed by atoms with Crippen LogP contribution in [0.3, 0.4) is 0 Å². The van der Waals surface area contributed by atoms with Gasteiger partial charge >= 0.3 is 0 Å². The normalized spacial score (nSPS) is 29.1. The summed E-state index contributed by atoms with van der Waals surface area (Å²) in [6.07, 6.45) is 7.82. The molecule has 1 aliphatic heterocycles. The van der Waals surface area contributed by atoms with Gasteiger partial charge in [0.15, 0.2) is 0 Å². The fourth-order valence-corrected chi connectivity index (χ4v) is 5.47. The minimum absolute atomic E-state index is 0.151. The number of ether oxygens (including phenoxy) is 1. The van der Waals surface area contributed by atoms with Crippen LogP contribution in [0.1, 0.15) is 39.5 Å². The summed E-state index contributed by atoms with van der Waals surface area (Å²) >= 11 is 0. The number of hydrogen-bond donors (Lipinski definition) is 1. The van der Waals surface area contributed by atoms with E-state index in [1.54, 1.807) is 0 Å². The molecule has 0 aromatic rings. The van der Waals surface area contributed by atoms with Crippen LogP contribution in [-0.4, -0.2) is 46.7 Å². The lowest BCUT2D eigenvalue weighted by molar-refractivity contribution is 0.0252. The Hall–Kier alpha value is -0.390. The number of sulfone groups is 1. The maximum atomic E-state index is 11.8. The lowest BCUT2D eigenvalue weighted by Crippen LogP contribution is -2.45. The third-order valence-electron chi connectivity index (χ3n) is 5.35. The Morgan fingerprint density at radius 3 is 2.64 bits per heavy atom. The van der Waals surface area contributed by atoms with Gasteiger partial charge in [0.2, 0.25) is 0 Å². The Morgan fingerprint density at radius 2 is 2.05 bits per heavy atom. The molecule has 4 nitrogen and oxygen atoms in total. The molecule has 0 aromatic carbocycles. The molecule has 0 amide bonds. The topological polar surface area (TPSA) is 55.4 Å². The van der Waals surface area contributed by atoms with Crippen LogP contribution in [0, 0.1) is 17.3 Å². The third kappa shape index (κ3) is 5.07. The molecule has 0 bridgehead atoms. The van der Waals surface area contributed by atoms with Gasteiger partial charge in [0.05, 0.1) is 5.75 Å². The van der Waals surface area contributed by atoms with Crippen molar-refractivity contribution in [1.82, 2.24) is 5.32 Å². The van der Waals surface area contributed by atoms with E-state index in [0.29, 0.717) is 25.0 Å². The average Bonchev–Trinajstić information content (AvgIpc) is 2.41. The van der Waals surface area contributed by atoms with Crippen molar-refractivity contribution in [3.8, 4) is 0 Å². The highest BCUT2D eigenvalue weighted by molar-refractivity contribution is 7.90. The molecular weight excluding hydrogens is 298 g/mol. The molecule has 1 aliphatic carbocycles. The standard InChI is InChI=1S/C17H31NO3S/c1-14-5-4-6-15(2)16(14)11-18-12-17(13-22(3,19)20)7-9-21-10-8-17/h5,15-16,18H,4,6-13H2,1-3H3/t15-,16-/m0/s1. The van der Waals surface area contributed by atoms with Crippen LogP contribution in [0.4, 0.5) is 0 Å². The van der Waals surface area contributed by atoms with Gasteiger partial charge in [-0.15, -0.1) is 0 Å². The number of rotatable bonds is 6. The number of nitrogens with one attached hydrogen (secondary N) is 1.